The molecule has 2 atom stereocenters. The van der Waals surface area contributed by atoms with E-state index < -0.39 is 12.2 Å². The van der Waals surface area contributed by atoms with Gasteiger partial charge in [-0.3, -0.25) is 0 Å². The Bertz CT molecular complexity index is 418. The average Bonchev–Trinajstić information content (AvgIpc) is 2.38. The van der Waals surface area contributed by atoms with Gasteiger partial charge in [0.15, 0.2) is 0 Å². The van der Waals surface area contributed by atoms with Crippen LogP contribution in [0, 0.1) is 0 Å². The lowest BCUT2D eigenvalue weighted by Crippen LogP contribution is -2.45. The molecule has 1 aliphatic rings. The Labute approximate surface area is 105 Å². The predicted octanol–water partition coefficient (Wildman–Crippen LogP) is 1.01. The van der Waals surface area contributed by atoms with Crippen LogP contribution in [0.3, 0.4) is 0 Å². The van der Waals surface area contributed by atoms with Crippen molar-refractivity contribution in [2.75, 3.05) is 13.1 Å². The molecule has 0 radical (unpaired) electrons. The first-order chi connectivity index (χ1) is 8.61. The van der Waals surface area contributed by atoms with E-state index in [9.17, 15) is 9.90 Å². The van der Waals surface area contributed by atoms with Gasteiger partial charge in [-0.1, -0.05) is 24.3 Å². The van der Waals surface area contributed by atoms with Gasteiger partial charge in [0.25, 0.3) is 0 Å². The number of β-amino-alcohol motifs (C(OH)–C–C–N with tert-alkyl or cyclic N) is 1. The van der Waals surface area contributed by atoms with E-state index in [1.165, 1.54) is 4.90 Å². The minimum absolute atomic E-state index is 0.000290. The molecule has 2 unspecified atom stereocenters. The van der Waals surface area contributed by atoms with E-state index in [4.69, 9.17) is 10.2 Å². The monoisotopic (exact) mass is 251 g/mol. The second kappa shape index (κ2) is 5.37. The largest absolute Gasteiger partial charge is 0.465 e. The maximum Gasteiger partial charge on any atom is 0.407 e. The molecule has 1 aliphatic heterocycles. The molecule has 1 amide bonds. The molecule has 1 aromatic rings. The van der Waals surface area contributed by atoms with Gasteiger partial charge in [-0.05, 0) is 17.5 Å². The number of aliphatic hydroxyl groups excluding tert-OH is 2. The van der Waals surface area contributed by atoms with Gasteiger partial charge in [0.1, 0.15) is 0 Å². The van der Waals surface area contributed by atoms with Crippen molar-refractivity contribution >= 4 is 6.09 Å². The number of rotatable bonds is 2. The second-order valence-electron chi connectivity index (χ2n) is 4.59. The first-order valence-corrected chi connectivity index (χ1v) is 5.97. The van der Waals surface area contributed by atoms with Crippen molar-refractivity contribution in [2.24, 2.45) is 0 Å². The lowest BCUT2D eigenvalue weighted by molar-refractivity contribution is 0.0504. The highest BCUT2D eigenvalue weighted by atomic mass is 16.4. The third-order valence-electron chi connectivity index (χ3n) is 3.44. The molecule has 5 heteroatoms. The van der Waals surface area contributed by atoms with E-state index in [0.29, 0.717) is 13.0 Å². The molecule has 0 aromatic heterocycles. The number of nitrogens with zero attached hydrogens (tertiary/aromatic N) is 1. The van der Waals surface area contributed by atoms with Gasteiger partial charge in [-0.25, -0.2) is 4.79 Å². The molecule has 0 spiro atoms. The van der Waals surface area contributed by atoms with Crippen LogP contribution in [0.15, 0.2) is 24.3 Å². The van der Waals surface area contributed by atoms with E-state index in [2.05, 4.69) is 0 Å². The van der Waals surface area contributed by atoms with Crippen LogP contribution in [-0.2, 0) is 6.61 Å². The zero-order valence-electron chi connectivity index (χ0n) is 9.99. The zero-order chi connectivity index (χ0) is 13.1. The summed E-state index contributed by atoms with van der Waals surface area (Å²) in [7, 11) is 0. The first kappa shape index (κ1) is 12.9. The molecule has 1 fully saturated rings. The number of piperidine rings is 1. The van der Waals surface area contributed by atoms with Gasteiger partial charge < -0.3 is 20.2 Å². The average molecular weight is 251 g/mol. The van der Waals surface area contributed by atoms with Crippen molar-refractivity contribution in [2.45, 2.75) is 25.0 Å². The molecule has 1 aromatic carbocycles. The summed E-state index contributed by atoms with van der Waals surface area (Å²) in [4.78, 5) is 12.1. The molecule has 98 valence electrons. The predicted molar refractivity (Wildman–Crippen MR) is 65.3 cm³/mol. The van der Waals surface area contributed by atoms with Crippen molar-refractivity contribution < 1.29 is 20.1 Å². The molecule has 3 N–H and O–H groups in total. The number of hydrogen-bond acceptors (Lipinski definition) is 3. The van der Waals surface area contributed by atoms with E-state index in [1.54, 1.807) is 0 Å². The first-order valence-electron chi connectivity index (χ1n) is 5.97. The standard InChI is InChI=1S/C13H17NO4/c15-8-9-1-3-10(4-2-9)11-5-6-14(13(17)18)7-12(11)16/h1-4,11-12,15-16H,5-8H2,(H,17,18). The summed E-state index contributed by atoms with van der Waals surface area (Å²) in [6.07, 6.45) is -1.04. The van der Waals surface area contributed by atoms with Crippen LogP contribution in [0.1, 0.15) is 23.5 Å². The normalized spacial score (nSPS) is 24.0. The molecule has 2 rings (SSSR count). The van der Waals surface area contributed by atoms with Crippen LogP contribution in [-0.4, -0.2) is 45.5 Å². The summed E-state index contributed by atoms with van der Waals surface area (Å²) in [5.74, 6) is -0.0339. The van der Waals surface area contributed by atoms with Gasteiger partial charge in [0.05, 0.1) is 19.3 Å². The number of likely N-dealkylation sites (tertiary alicyclic amines) is 1. The van der Waals surface area contributed by atoms with Gasteiger partial charge in [0, 0.05) is 12.5 Å². The van der Waals surface area contributed by atoms with Crippen LogP contribution in [0.4, 0.5) is 4.79 Å². The number of benzene rings is 1. The van der Waals surface area contributed by atoms with Crippen LogP contribution >= 0.6 is 0 Å². The lowest BCUT2D eigenvalue weighted by Gasteiger charge is -2.34. The molecule has 1 saturated heterocycles. The van der Waals surface area contributed by atoms with Crippen molar-refractivity contribution in [3.05, 3.63) is 35.4 Å². The molecule has 5 nitrogen and oxygen atoms in total. The smallest absolute Gasteiger partial charge is 0.407 e. The summed E-state index contributed by atoms with van der Waals surface area (Å²) < 4.78 is 0. The van der Waals surface area contributed by atoms with E-state index in [0.717, 1.165) is 11.1 Å². The summed E-state index contributed by atoms with van der Waals surface area (Å²) in [5.41, 5.74) is 1.82. The minimum Gasteiger partial charge on any atom is -0.465 e. The van der Waals surface area contributed by atoms with Crippen molar-refractivity contribution in [3.8, 4) is 0 Å². The van der Waals surface area contributed by atoms with Gasteiger partial charge in [0.2, 0.25) is 0 Å². The highest BCUT2D eigenvalue weighted by molar-refractivity contribution is 5.65. The fourth-order valence-corrected chi connectivity index (χ4v) is 2.36. The third kappa shape index (κ3) is 2.63. The Hall–Kier alpha value is -1.59. The second-order valence-corrected chi connectivity index (χ2v) is 4.59. The number of carbonyl (C=O) groups is 1. The maximum atomic E-state index is 10.8. The van der Waals surface area contributed by atoms with E-state index in [-0.39, 0.29) is 19.1 Å². The van der Waals surface area contributed by atoms with E-state index >= 15 is 0 Å². The van der Waals surface area contributed by atoms with Crippen LogP contribution < -0.4 is 0 Å². The maximum absolute atomic E-state index is 10.8. The summed E-state index contributed by atoms with van der Waals surface area (Å²) >= 11 is 0. The Morgan fingerprint density at radius 2 is 2.00 bits per heavy atom. The van der Waals surface area contributed by atoms with E-state index in [1.807, 2.05) is 24.3 Å². The Kier molecular flexibility index (Phi) is 3.84. The number of aliphatic hydroxyl groups is 2. The molecule has 0 bridgehead atoms. The molecule has 1 heterocycles. The fraction of sp³-hybridized carbons (Fsp3) is 0.462. The lowest BCUT2D eigenvalue weighted by atomic mass is 9.87. The number of amides is 1. The summed E-state index contributed by atoms with van der Waals surface area (Å²) in [5, 5.41) is 27.8. The van der Waals surface area contributed by atoms with Crippen LogP contribution in [0.2, 0.25) is 0 Å². The topological polar surface area (TPSA) is 81.0 Å². The third-order valence-corrected chi connectivity index (χ3v) is 3.44. The molecule has 18 heavy (non-hydrogen) atoms. The minimum atomic E-state index is -0.983. The van der Waals surface area contributed by atoms with Gasteiger partial charge in [-0.2, -0.15) is 0 Å². The number of carboxylic acid groups (broad SMARTS) is 1. The van der Waals surface area contributed by atoms with Crippen molar-refractivity contribution in [1.82, 2.24) is 4.90 Å². The van der Waals surface area contributed by atoms with Gasteiger partial charge >= 0.3 is 6.09 Å². The highest BCUT2D eigenvalue weighted by Crippen LogP contribution is 2.28. The van der Waals surface area contributed by atoms with Crippen LogP contribution in [0.25, 0.3) is 0 Å². The quantitative estimate of drug-likeness (QED) is 0.732. The molecular formula is C13H17NO4. The molecule has 0 aliphatic carbocycles. The Balaban J connectivity index is 2.07. The van der Waals surface area contributed by atoms with Crippen molar-refractivity contribution in [1.29, 1.82) is 0 Å². The van der Waals surface area contributed by atoms with Gasteiger partial charge in [-0.15, -0.1) is 0 Å². The summed E-state index contributed by atoms with van der Waals surface area (Å²) in [6.45, 7) is 0.598. The molecular weight excluding hydrogens is 234 g/mol. The molecule has 0 saturated carbocycles. The number of hydrogen-bond donors (Lipinski definition) is 3. The Morgan fingerprint density at radius 3 is 2.50 bits per heavy atom. The van der Waals surface area contributed by atoms with Crippen LogP contribution in [0.5, 0.6) is 0 Å². The Morgan fingerprint density at radius 1 is 1.33 bits per heavy atom. The highest BCUT2D eigenvalue weighted by Gasteiger charge is 2.30. The zero-order valence-corrected chi connectivity index (χ0v) is 9.99. The SMILES string of the molecule is O=C(O)N1CCC(c2ccc(CO)cc2)C(O)C1. The fourth-order valence-electron chi connectivity index (χ4n) is 2.36. The van der Waals surface area contributed by atoms with Crippen molar-refractivity contribution in [3.63, 3.8) is 0 Å². The summed E-state index contributed by atoms with van der Waals surface area (Å²) in [6, 6.07) is 7.42.